The molecule has 1 saturated heterocycles. The third kappa shape index (κ3) is 5.87. The molecule has 1 aromatic heterocycles. The Kier molecular flexibility index (Phi) is 7.23. The van der Waals surface area contributed by atoms with Crippen LogP contribution in [0.1, 0.15) is 62.5 Å². The highest BCUT2D eigenvalue weighted by molar-refractivity contribution is 7.89. The number of rotatable bonds is 7. The molecule has 2 atom stereocenters. The lowest BCUT2D eigenvalue weighted by atomic mass is 9.85. The minimum absolute atomic E-state index is 0.0536. The standard InChI is InChI=1S/C26H30F3N5O3S/c1-15(16-2-6-18(27)7-3-16)31-25(35)17-4-8-19(9-5-17)34-38(36,37)20-10-11-21-22(12-20)33-24(32-21)23-13-26(28,29)14-30-23/h2-3,6-7,10-12,15,17,19,23,30,34H,4-5,8-9,13-14H2,1H3,(H,31,35)(H,32,33)/t15-,17?,19?,23+/m1/s1. The van der Waals surface area contributed by atoms with E-state index in [1.807, 2.05) is 6.92 Å². The Hall–Kier alpha value is -2.96. The van der Waals surface area contributed by atoms with Crippen LogP contribution in [-0.2, 0) is 14.8 Å². The quantitative estimate of drug-likeness (QED) is 0.354. The van der Waals surface area contributed by atoms with E-state index in [1.165, 1.54) is 24.3 Å². The number of halogens is 3. The van der Waals surface area contributed by atoms with Crippen molar-refractivity contribution in [2.24, 2.45) is 5.92 Å². The van der Waals surface area contributed by atoms with Crippen molar-refractivity contribution in [3.8, 4) is 0 Å². The highest BCUT2D eigenvalue weighted by Gasteiger charge is 2.41. The molecule has 5 rings (SSSR count). The van der Waals surface area contributed by atoms with Gasteiger partial charge in [-0.1, -0.05) is 12.1 Å². The van der Waals surface area contributed by atoms with Crippen LogP contribution < -0.4 is 15.4 Å². The van der Waals surface area contributed by atoms with Gasteiger partial charge in [-0.15, -0.1) is 0 Å². The number of carbonyl (C=O) groups excluding carboxylic acids is 1. The SMILES string of the molecule is C[C@@H](NC(=O)C1CCC(NS(=O)(=O)c2ccc3nc([C@@H]4CC(F)(F)CN4)[nH]c3c2)CC1)c1ccc(F)cc1. The second-order valence-corrected chi connectivity index (χ2v) is 12.0. The first-order valence-electron chi connectivity index (χ1n) is 12.7. The largest absolute Gasteiger partial charge is 0.349 e. The molecule has 8 nitrogen and oxygen atoms in total. The molecule has 2 heterocycles. The predicted octanol–water partition coefficient (Wildman–Crippen LogP) is 4.09. The summed E-state index contributed by atoms with van der Waals surface area (Å²) in [6.07, 6.45) is 1.74. The molecule has 0 spiro atoms. The Morgan fingerprint density at radius 3 is 2.47 bits per heavy atom. The molecule has 2 aliphatic rings. The summed E-state index contributed by atoms with van der Waals surface area (Å²) in [6.45, 7) is 1.42. The number of nitrogens with zero attached hydrogens (tertiary/aromatic N) is 1. The maximum atomic E-state index is 13.6. The van der Waals surface area contributed by atoms with E-state index in [0.29, 0.717) is 42.5 Å². The Morgan fingerprint density at radius 1 is 1.11 bits per heavy atom. The Labute approximate surface area is 218 Å². The van der Waals surface area contributed by atoms with E-state index >= 15 is 0 Å². The van der Waals surface area contributed by atoms with Gasteiger partial charge in [-0.2, -0.15) is 0 Å². The van der Waals surface area contributed by atoms with E-state index in [4.69, 9.17) is 0 Å². The van der Waals surface area contributed by atoms with Gasteiger partial charge in [0.25, 0.3) is 5.92 Å². The van der Waals surface area contributed by atoms with Gasteiger partial charge in [0.2, 0.25) is 15.9 Å². The lowest BCUT2D eigenvalue weighted by Crippen LogP contribution is -2.41. The summed E-state index contributed by atoms with van der Waals surface area (Å²) in [4.78, 5) is 20.1. The third-order valence-corrected chi connectivity index (χ3v) is 8.89. The first-order valence-corrected chi connectivity index (χ1v) is 14.2. The zero-order valence-corrected chi connectivity index (χ0v) is 21.6. The molecule has 1 aliphatic carbocycles. The highest BCUT2D eigenvalue weighted by Crippen LogP contribution is 2.34. The van der Waals surface area contributed by atoms with Crippen LogP contribution in [0.5, 0.6) is 0 Å². The van der Waals surface area contributed by atoms with Crippen LogP contribution in [0.15, 0.2) is 47.4 Å². The van der Waals surface area contributed by atoms with Crippen LogP contribution in [-0.4, -0.2) is 42.8 Å². The number of H-pyrrole nitrogens is 1. The van der Waals surface area contributed by atoms with Crippen LogP contribution >= 0.6 is 0 Å². The fourth-order valence-corrected chi connectivity index (χ4v) is 6.51. The summed E-state index contributed by atoms with van der Waals surface area (Å²) in [5, 5.41) is 5.70. The fraction of sp³-hybridized carbons (Fsp3) is 0.462. The molecule has 204 valence electrons. The van der Waals surface area contributed by atoms with Gasteiger partial charge in [0.15, 0.2) is 0 Å². The van der Waals surface area contributed by atoms with Gasteiger partial charge in [-0.25, -0.2) is 31.3 Å². The minimum atomic E-state index is -3.84. The molecular weight excluding hydrogens is 519 g/mol. The second kappa shape index (κ2) is 10.3. The molecule has 12 heteroatoms. The summed E-state index contributed by atoms with van der Waals surface area (Å²) in [7, 11) is -3.84. The minimum Gasteiger partial charge on any atom is -0.349 e. The van der Waals surface area contributed by atoms with Crippen molar-refractivity contribution in [1.29, 1.82) is 0 Å². The van der Waals surface area contributed by atoms with Crippen molar-refractivity contribution >= 4 is 27.0 Å². The highest BCUT2D eigenvalue weighted by atomic mass is 32.2. The monoisotopic (exact) mass is 549 g/mol. The van der Waals surface area contributed by atoms with E-state index in [0.717, 1.165) is 5.56 Å². The first kappa shape index (κ1) is 26.6. The van der Waals surface area contributed by atoms with Gasteiger partial charge in [-0.3, -0.25) is 4.79 Å². The van der Waals surface area contributed by atoms with Crippen LogP contribution in [0.2, 0.25) is 0 Å². The molecule has 1 amide bonds. The third-order valence-electron chi connectivity index (χ3n) is 7.37. The molecule has 2 fully saturated rings. The van der Waals surface area contributed by atoms with Gasteiger partial charge in [0.1, 0.15) is 11.6 Å². The molecule has 0 bridgehead atoms. The molecule has 3 aromatic rings. The van der Waals surface area contributed by atoms with Gasteiger partial charge >= 0.3 is 0 Å². The second-order valence-electron chi connectivity index (χ2n) is 10.2. The summed E-state index contributed by atoms with van der Waals surface area (Å²) >= 11 is 0. The van der Waals surface area contributed by atoms with Gasteiger partial charge < -0.3 is 15.6 Å². The van der Waals surface area contributed by atoms with Crippen LogP contribution in [0.4, 0.5) is 13.2 Å². The molecule has 0 radical (unpaired) electrons. The number of benzene rings is 2. The lowest BCUT2D eigenvalue weighted by Gasteiger charge is -2.29. The van der Waals surface area contributed by atoms with Crippen molar-refractivity contribution in [2.45, 2.75) is 68.0 Å². The molecule has 1 saturated carbocycles. The Bertz CT molecular complexity index is 1420. The topological polar surface area (TPSA) is 116 Å². The van der Waals surface area contributed by atoms with E-state index in [-0.39, 0.29) is 41.0 Å². The summed E-state index contributed by atoms with van der Waals surface area (Å²) < 4.78 is 69.2. The lowest BCUT2D eigenvalue weighted by molar-refractivity contribution is -0.126. The number of imidazole rings is 1. The molecular formula is C26H30F3N5O3S. The number of aromatic amines is 1. The summed E-state index contributed by atoms with van der Waals surface area (Å²) in [6, 6.07) is 9.24. The molecule has 2 aromatic carbocycles. The van der Waals surface area contributed by atoms with Crippen LogP contribution in [0.25, 0.3) is 11.0 Å². The predicted molar refractivity (Wildman–Crippen MR) is 135 cm³/mol. The number of aromatic nitrogens is 2. The van der Waals surface area contributed by atoms with Crippen molar-refractivity contribution in [3.63, 3.8) is 0 Å². The van der Waals surface area contributed by atoms with E-state index in [9.17, 15) is 26.4 Å². The number of sulfonamides is 1. The summed E-state index contributed by atoms with van der Waals surface area (Å²) in [5.41, 5.74) is 1.76. The number of hydrogen-bond acceptors (Lipinski definition) is 5. The number of fused-ring (bicyclic) bond motifs is 1. The van der Waals surface area contributed by atoms with E-state index in [2.05, 4.69) is 25.3 Å². The molecule has 38 heavy (non-hydrogen) atoms. The number of nitrogens with one attached hydrogen (secondary N) is 4. The molecule has 4 N–H and O–H groups in total. The van der Waals surface area contributed by atoms with E-state index < -0.39 is 28.5 Å². The van der Waals surface area contributed by atoms with Crippen LogP contribution in [0.3, 0.4) is 0 Å². The van der Waals surface area contributed by atoms with Crippen LogP contribution in [0, 0.1) is 11.7 Å². The Balaban J connectivity index is 1.17. The zero-order chi connectivity index (χ0) is 27.1. The van der Waals surface area contributed by atoms with Gasteiger partial charge in [-0.05, 0) is 68.5 Å². The summed E-state index contributed by atoms with van der Waals surface area (Å²) in [5.74, 6) is -3.11. The maximum absolute atomic E-state index is 13.6. The number of hydrogen-bond donors (Lipinski definition) is 4. The maximum Gasteiger partial charge on any atom is 0.262 e. The molecule has 1 aliphatic heterocycles. The van der Waals surface area contributed by atoms with Crippen molar-refractivity contribution < 1.29 is 26.4 Å². The van der Waals surface area contributed by atoms with Crippen molar-refractivity contribution in [2.75, 3.05) is 6.54 Å². The van der Waals surface area contributed by atoms with Gasteiger partial charge in [0, 0.05) is 18.4 Å². The fourth-order valence-electron chi connectivity index (χ4n) is 5.18. The van der Waals surface area contributed by atoms with Gasteiger partial charge in [0.05, 0.1) is 34.6 Å². The smallest absolute Gasteiger partial charge is 0.262 e. The van der Waals surface area contributed by atoms with E-state index in [1.54, 1.807) is 18.2 Å². The normalized spacial score (nSPS) is 24.4. The number of carbonyl (C=O) groups is 1. The zero-order valence-electron chi connectivity index (χ0n) is 20.8. The first-order chi connectivity index (χ1) is 18.0. The average Bonchev–Trinajstić information content (AvgIpc) is 3.46. The Morgan fingerprint density at radius 2 is 1.82 bits per heavy atom. The van der Waals surface area contributed by atoms with Crippen molar-refractivity contribution in [3.05, 3.63) is 59.7 Å². The number of alkyl halides is 2. The average molecular weight is 550 g/mol. The van der Waals surface area contributed by atoms with Crippen molar-refractivity contribution in [1.82, 2.24) is 25.3 Å². The molecule has 0 unspecified atom stereocenters. The number of amides is 1.